The minimum absolute atomic E-state index is 0.272. The number of nitrogens with one attached hydrogen (secondary N) is 1. The van der Waals surface area contributed by atoms with Gasteiger partial charge in [0.2, 0.25) is 0 Å². The first-order valence-electron chi connectivity index (χ1n) is 11.5. The van der Waals surface area contributed by atoms with Crippen molar-refractivity contribution in [3.8, 4) is 17.2 Å². The average Bonchev–Trinajstić information content (AvgIpc) is 3.18. The summed E-state index contributed by atoms with van der Waals surface area (Å²) in [6.45, 7) is 3.87. The SMILES string of the molecule is CCOc1ccc(CNCc2c(C(=O)O)n(Cc3ccccc3)c3cc(OC)ccc23)cc1OC. The molecule has 0 saturated carbocycles. The van der Waals surface area contributed by atoms with Crippen LogP contribution in [-0.4, -0.2) is 36.5 Å². The van der Waals surface area contributed by atoms with Crippen molar-refractivity contribution in [2.45, 2.75) is 26.6 Å². The number of fused-ring (bicyclic) bond motifs is 1. The third kappa shape index (κ3) is 5.25. The van der Waals surface area contributed by atoms with Crippen molar-refractivity contribution in [2.24, 2.45) is 0 Å². The molecule has 0 spiro atoms. The van der Waals surface area contributed by atoms with Crippen molar-refractivity contribution in [3.05, 3.63) is 89.1 Å². The normalized spacial score (nSPS) is 10.9. The summed E-state index contributed by atoms with van der Waals surface area (Å²) in [4.78, 5) is 12.5. The van der Waals surface area contributed by atoms with Crippen molar-refractivity contribution in [1.29, 1.82) is 0 Å². The van der Waals surface area contributed by atoms with E-state index in [2.05, 4.69) is 5.32 Å². The number of carbonyl (C=O) groups is 1. The van der Waals surface area contributed by atoms with Gasteiger partial charge in [0, 0.05) is 36.7 Å². The molecule has 35 heavy (non-hydrogen) atoms. The Morgan fingerprint density at radius 3 is 2.40 bits per heavy atom. The Labute approximate surface area is 204 Å². The number of nitrogens with zero attached hydrogens (tertiary/aromatic N) is 1. The molecule has 2 N–H and O–H groups in total. The van der Waals surface area contributed by atoms with Gasteiger partial charge in [-0.3, -0.25) is 0 Å². The van der Waals surface area contributed by atoms with Gasteiger partial charge in [0.15, 0.2) is 11.5 Å². The Morgan fingerprint density at radius 2 is 1.71 bits per heavy atom. The Morgan fingerprint density at radius 1 is 0.914 bits per heavy atom. The topological polar surface area (TPSA) is 82.0 Å². The summed E-state index contributed by atoms with van der Waals surface area (Å²) in [6.07, 6.45) is 0. The highest BCUT2D eigenvalue weighted by Gasteiger charge is 2.23. The van der Waals surface area contributed by atoms with Gasteiger partial charge in [-0.05, 0) is 42.3 Å². The quantitative estimate of drug-likeness (QED) is 0.315. The average molecular weight is 475 g/mol. The number of methoxy groups -OCH3 is 2. The molecule has 0 aliphatic heterocycles. The first-order valence-corrected chi connectivity index (χ1v) is 11.5. The van der Waals surface area contributed by atoms with Gasteiger partial charge in [-0.2, -0.15) is 0 Å². The van der Waals surface area contributed by atoms with E-state index in [4.69, 9.17) is 14.2 Å². The fraction of sp³-hybridized carbons (Fsp3) is 0.250. The second kappa shape index (κ2) is 11.0. The van der Waals surface area contributed by atoms with E-state index in [1.165, 1.54) is 0 Å². The molecule has 0 aliphatic rings. The molecule has 0 saturated heterocycles. The zero-order valence-electron chi connectivity index (χ0n) is 20.2. The molecule has 0 atom stereocenters. The number of rotatable bonds is 11. The largest absolute Gasteiger partial charge is 0.497 e. The van der Waals surface area contributed by atoms with E-state index >= 15 is 0 Å². The van der Waals surface area contributed by atoms with E-state index in [9.17, 15) is 9.90 Å². The summed E-state index contributed by atoms with van der Waals surface area (Å²) >= 11 is 0. The molecule has 0 fully saturated rings. The number of hydrogen-bond donors (Lipinski definition) is 2. The molecule has 0 amide bonds. The number of benzene rings is 3. The van der Waals surface area contributed by atoms with Crippen molar-refractivity contribution >= 4 is 16.9 Å². The van der Waals surface area contributed by atoms with Crippen LogP contribution in [0.3, 0.4) is 0 Å². The number of carboxylic acids is 1. The fourth-order valence-electron chi connectivity index (χ4n) is 4.31. The van der Waals surface area contributed by atoms with E-state index in [0.29, 0.717) is 43.5 Å². The Bertz CT molecular complexity index is 1310. The highest BCUT2D eigenvalue weighted by molar-refractivity contribution is 5.98. The van der Waals surface area contributed by atoms with Gasteiger partial charge < -0.3 is 29.2 Å². The highest BCUT2D eigenvalue weighted by atomic mass is 16.5. The van der Waals surface area contributed by atoms with Gasteiger partial charge in [0.1, 0.15) is 11.4 Å². The Kier molecular flexibility index (Phi) is 7.57. The molecule has 4 aromatic rings. The van der Waals surface area contributed by atoms with Crippen molar-refractivity contribution < 1.29 is 24.1 Å². The molecule has 3 aromatic carbocycles. The van der Waals surface area contributed by atoms with Gasteiger partial charge >= 0.3 is 5.97 Å². The highest BCUT2D eigenvalue weighted by Crippen LogP contribution is 2.31. The van der Waals surface area contributed by atoms with Crippen LogP contribution < -0.4 is 19.5 Å². The standard InChI is InChI=1S/C28H30N2O5/c1-4-35-25-13-10-20(14-26(25)34-3)16-29-17-23-22-12-11-21(33-2)15-24(22)30(27(23)28(31)32)18-19-8-6-5-7-9-19/h5-15,29H,4,16-18H2,1-3H3,(H,31,32). The van der Waals surface area contributed by atoms with Crippen molar-refractivity contribution in [3.63, 3.8) is 0 Å². The molecular weight excluding hydrogens is 444 g/mol. The number of ether oxygens (including phenoxy) is 3. The fourth-order valence-corrected chi connectivity index (χ4v) is 4.31. The van der Waals surface area contributed by atoms with Crippen molar-refractivity contribution in [2.75, 3.05) is 20.8 Å². The molecule has 4 rings (SSSR count). The van der Waals surface area contributed by atoms with Crippen LogP contribution in [0.5, 0.6) is 17.2 Å². The summed E-state index contributed by atoms with van der Waals surface area (Å²) < 4.78 is 18.3. The molecular formula is C28H30N2O5. The summed E-state index contributed by atoms with van der Waals surface area (Å²) in [5.74, 6) is 1.09. The minimum atomic E-state index is -0.962. The third-order valence-corrected chi connectivity index (χ3v) is 5.92. The first-order chi connectivity index (χ1) is 17.0. The van der Waals surface area contributed by atoms with Crippen LogP contribution in [0, 0.1) is 0 Å². The zero-order chi connectivity index (χ0) is 24.8. The first kappa shape index (κ1) is 24.2. The molecule has 0 aliphatic carbocycles. The lowest BCUT2D eigenvalue weighted by molar-refractivity contribution is 0.0684. The predicted octanol–water partition coefficient (Wildman–Crippen LogP) is 5.09. The van der Waals surface area contributed by atoms with Crippen LogP contribution >= 0.6 is 0 Å². The number of carboxylic acid groups (broad SMARTS) is 1. The van der Waals surface area contributed by atoms with Gasteiger partial charge in [-0.1, -0.05) is 36.4 Å². The molecule has 0 unspecified atom stereocenters. The number of hydrogen-bond acceptors (Lipinski definition) is 5. The summed E-state index contributed by atoms with van der Waals surface area (Å²) in [5, 5.41) is 14.5. The van der Waals surface area contributed by atoms with Gasteiger partial charge in [-0.15, -0.1) is 0 Å². The van der Waals surface area contributed by atoms with Gasteiger partial charge in [0.25, 0.3) is 0 Å². The van der Waals surface area contributed by atoms with Crippen LogP contribution in [0.2, 0.25) is 0 Å². The maximum atomic E-state index is 12.5. The monoisotopic (exact) mass is 474 g/mol. The van der Waals surface area contributed by atoms with E-state index in [-0.39, 0.29) is 5.69 Å². The number of aromatic carboxylic acids is 1. The van der Waals surface area contributed by atoms with Crippen LogP contribution in [0.4, 0.5) is 0 Å². The Balaban J connectivity index is 1.66. The van der Waals surface area contributed by atoms with Crippen LogP contribution in [0.25, 0.3) is 10.9 Å². The smallest absolute Gasteiger partial charge is 0.352 e. The summed E-state index contributed by atoms with van der Waals surface area (Å²) in [6, 6.07) is 21.3. The lowest BCUT2D eigenvalue weighted by Crippen LogP contribution is -2.17. The van der Waals surface area contributed by atoms with E-state index < -0.39 is 5.97 Å². The van der Waals surface area contributed by atoms with Gasteiger partial charge in [-0.25, -0.2) is 4.79 Å². The number of aromatic nitrogens is 1. The maximum absolute atomic E-state index is 12.5. The maximum Gasteiger partial charge on any atom is 0.352 e. The van der Waals surface area contributed by atoms with Gasteiger partial charge in [0.05, 0.1) is 26.3 Å². The zero-order valence-corrected chi connectivity index (χ0v) is 20.2. The molecule has 0 bridgehead atoms. The molecule has 1 aromatic heterocycles. The van der Waals surface area contributed by atoms with Crippen LogP contribution in [0.1, 0.15) is 34.1 Å². The third-order valence-electron chi connectivity index (χ3n) is 5.92. The van der Waals surface area contributed by atoms with Crippen molar-refractivity contribution in [1.82, 2.24) is 9.88 Å². The lowest BCUT2D eigenvalue weighted by atomic mass is 10.1. The van der Waals surface area contributed by atoms with E-state index in [0.717, 1.165) is 27.6 Å². The molecule has 182 valence electrons. The second-order valence-electron chi connectivity index (χ2n) is 8.11. The predicted molar refractivity (Wildman–Crippen MR) is 136 cm³/mol. The minimum Gasteiger partial charge on any atom is -0.497 e. The van der Waals surface area contributed by atoms with E-state index in [1.54, 1.807) is 14.2 Å². The van der Waals surface area contributed by atoms with Crippen LogP contribution in [-0.2, 0) is 19.6 Å². The summed E-state index contributed by atoms with van der Waals surface area (Å²) in [5.41, 5.74) is 3.87. The molecule has 7 heteroatoms. The second-order valence-corrected chi connectivity index (χ2v) is 8.11. The van der Waals surface area contributed by atoms with Crippen LogP contribution in [0.15, 0.2) is 66.7 Å². The lowest BCUT2D eigenvalue weighted by Gasteiger charge is -2.12. The molecule has 7 nitrogen and oxygen atoms in total. The molecule has 1 heterocycles. The Hall–Kier alpha value is -3.97. The molecule has 0 radical (unpaired) electrons. The summed E-state index contributed by atoms with van der Waals surface area (Å²) in [7, 11) is 3.22. The van der Waals surface area contributed by atoms with E-state index in [1.807, 2.05) is 78.2 Å².